The number of furan rings is 1. The molecular formula is C18H18N4O4. The highest BCUT2D eigenvalue weighted by Gasteiger charge is 2.33. The van der Waals surface area contributed by atoms with E-state index in [9.17, 15) is 4.79 Å². The zero-order chi connectivity index (χ0) is 17.9. The Hall–Kier alpha value is -3.13. The molecular weight excluding hydrogens is 336 g/mol. The third kappa shape index (κ3) is 3.31. The third-order valence-corrected chi connectivity index (χ3v) is 4.24. The van der Waals surface area contributed by atoms with Gasteiger partial charge in [-0.25, -0.2) is 0 Å². The van der Waals surface area contributed by atoms with Gasteiger partial charge in [-0.3, -0.25) is 9.69 Å². The molecule has 1 aliphatic rings. The fourth-order valence-electron chi connectivity index (χ4n) is 2.90. The summed E-state index contributed by atoms with van der Waals surface area (Å²) in [6.07, 6.45) is 1.57. The van der Waals surface area contributed by atoms with Gasteiger partial charge < -0.3 is 19.0 Å². The van der Waals surface area contributed by atoms with Crippen LogP contribution in [0.5, 0.6) is 5.75 Å². The summed E-state index contributed by atoms with van der Waals surface area (Å²) >= 11 is 0. The Bertz CT molecular complexity index is 884. The Morgan fingerprint density at radius 1 is 1.31 bits per heavy atom. The third-order valence-electron chi connectivity index (χ3n) is 4.24. The van der Waals surface area contributed by atoms with Gasteiger partial charge in [0.05, 0.1) is 31.5 Å². The van der Waals surface area contributed by atoms with E-state index < -0.39 is 0 Å². The zero-order valence-electron chi connectivity index (χ0n) is 14.2. The van der Waals surface area contributed by atoms with Gasteiger partial charge in [-0.15, -0.1) is 0 Å². The first-order valence-electron chi connectivity index (χ1n) is 8.25. The largest absolute Gasteiger partial charge is 0.495 e. The number of amides is 1. The van der Waals surface area contributed by atoms with Crippen LogP contribution in [0.25, 0.3) is 11.6 Å². The Balaban J connectivity index is 1.29. The highest BCUT2D eigenvalue weighted by molar-refractivity contribution is 5.93. The van der Waals surface area contributed by atoms with Crippen molar-refractivity contribution in [3.63, 3.8) is 0 Å². The average Bonchev–Trinajstić information content (AvgIpc) is 3.29. The van der Waals surface area contributed by atoms with Crippen LogP contribution in [0.1, 0.15) is 11.8 Å². The first-order chi connectivity index (χ1) is 12.7. The molecule has 8 heteroatoms. The molecule has 134 valence electrons. The molecule has 3 aromatic rings. The predicted octanol–water partition coefficient (Wildman–Crippen LogP) is 2.38. The number of anilines is 1. The summed E-state index contributed by atoms with van der Waals surface area (Å²) in [7, 11) is 1.58. The van der Waals surface area contributed by atoms with Crippen LogP contribution < -0.4 is 10.1 Å². The molecule has 0 atom stereocenters. The summed E-state index contributed by atoms with van der Waals surface area (Å²) in [4.78, 5) is 18.6. The second-order valence-electron chi connectivity index (χ2n) is 6.07. The Labute approximate surface area is 149 Å². The zero-order valence-corrected chi connectivity index (χ0v) is 14.2. The van der Waals surface area contributed by atoms with Gasteiger partial charge in [0.1, 0.15) is 5.75 Å². The predicted molar refractivity (Wildman–Crippen MR) is 92.8 cm³/mol. The monoisotopic (exact) mass is 354 g/mol. The van der Waals surface area contributed by atoms with Gasteiger partial charge >= 0.3 is 0 Å². The molecule has 3 heterocycles. The molecule has 1 N–H and O–H groups in total. The molecule has 2 aromatic heterocycles. The molecule has 26 heavy (non-hydrogen) atoms. The van der Waals surface area contributed by atoms with E-state index >= 15 is 0 Å². The minimum Gasteiger partial charge on any atom is -0.495 e. The number of likely N-dealkylation sites (tertiary alicyclic amines) is 1. The second-order valence-corrected chi connectivity index (χ2v) is 6.07. The van der Waals surface area contributed by atoms with Crippen LogP contribution in [0.3, 0.4) is 0 Å². The molecule has 1 fully saturated rings. The van der Waals surface area contributed by atoms with Crippen LogP contribution in [0.15, 0.2) is 51.6 Å². The number of hydrogen-bond donors (Lipinski definition) is 1. The highest BCUT2D eigenvalue weighted by atomic mass is 16.5. The molecule has 1 aromatic carbocycles. The summed E-state index contributed by atoms with van der Waals surface area (Å²) in [5.74, 6) is 2.26. The molecule has 0 aliphatic carbocycles. The molecule has 0 radical (unpaired) electrons. The quantitative estimate of drug-likeness (QED) is 0.726. The molecule has 0 bridgehead atoms. The number of nitrogens with one attached hydrogen (secondary N) is 1. The first kappa shape index (κ1) is 16.3. The van der Waals surface area contributed by atoms with Crippen molar-refractivity contribution >= 4 is 11.6 Å². The Kier molecular flexibility index (Phi) is 4.40. The normalized spacial score (nSPS) is 14.8. The second kappa shape index (κ2) is 7.01. The number of carbonyl (C=O) groups excluding carboxylic acids is 1. The molecule has 1 amide bonds. The molecule has 0 unspecified atom stereocenters. The van der Waals surface area contributed by atoms with E-state index in [0.29, 0.717) is 48.5 Å². The van der Waals surface area contributed by atoms with Gasteiger partial charge in [0.2, 0.25) is 17.6 Å². The lowest BCUT2D eigenvalue weighted by Crippen LogP contribution is -2.48. The lowest BCUT2D eigenvalue weighted by atomic mass is 10.0. The van der Waals surface area contributed by atoms with E-state index in [0.717, 1.165) is 0 Å². The van der Waals surface area contributed by atoms with E-state index in [-0.39, 0.29) is 11.8 Å². The minimum atomic E-state index is -0.0882. The van der Waals surface area contributed by atoms with Crippen LogP contribution in [0, 0.1) is 0 Å². The summed E-state index contributed by atoms with van der Waals surface area (Å²) in [5, 5.41) is 6.80. The van der Waals surface area contributed by atoms with E-state index in [1.165, 1.54) is 0 Å². The lowest BCUT2D eigenvalue weighted by molar-refractivity contribution is -0.118. The van der Waals surface area contributed by atoms with Crippen molar-refractivity contribution in [3.05, 3.63) is 48.6 Å². The number of benzene rings is 1. The van der Waals surface area contributed by atoms with Crippen LogP contribution in [0.4, 0.5) is 5.69 Å². The number of para-hydroxylation sites is 2. The number of rotatable bonds is 6. The maximum absolute atomic E-state index is 12.2. The van der Waals surface area contributed by atoms with Gasteiger partial charge in [0.25, 0.3) is 0 Å². The summed E-state index contributed by atoms with van der Waals surface area (Å²) in [6, 6.07) is 10.9. The van der Waals surface area contributed by atoms with Crippen molar-refractivity contribution in [3.8, 4) is 17.3 Å². The highest BCUT2D eigenvalue weighted by Crippen LogP contribution is 2.28. The van der Waals surface area contributed by atoms with Crippen molar-refractivity contribution in [2.75, 3.05) is 32.1 Å². The SMILES string of the molecule is COc1ccccc1NC(=O)CN1CC(c2nc(-c3ccco3)no2)C1. The first-order valence-corrected chi connectivity index (χ1v) is 8.25. The summed E-state index contributed by atoms with van der Waals surface area (Å²) < 4.78 is 15.8. The van der Waals surface area contributed by atoms with E-state index in [4.69, 9.17) is 13.7 Å². The number of carbonyl (C=O) groups is 1. The fraction of sp³-hybridized carbons (Fsp3) is 0.278. The van der Waals surface area contributed by atoms with Crippen LogP contribution in [-0.2, 0) is 4.79 Å². The van der Waals surface area contributed by atoms with E-state index in [2.05, 4.69) is 15.5 Å². The van der Waals surface area contributed by atoms with Crippen molar-refractivity contribution < 1.29 is 18.5 Å². The summed E-state index contributed by atoms with van der Waals surface area (Å²) in [6.45, 7) is 1.69. The Morgan fingerprint density at radius 2 is 2.15 bits per heavy atom. The lowest BCUT2D eigenvalue weighted by Gasteiger charge is -2.36. The van der Waals surface area contributed by atoms with E-state index in [1.807, 2.05) is 29.2 Å². The Morgan fingerprint density at radius 3 is 2.92 bits per heavy atom. The van der Waals surface area contributed by atoms with Gasteiger partial charge in [-0.05, 0) is 24.3 Å². The number of hydrogen-bond acceptors (Lipinski definition) is 7. The maximum Gasteiger partial charge on any atom is 0.238 e. The molecule has 4 rings (SSSR count). The van der Waals surface area contributed by atoms with Gasteiger partial charge in [-0.1, -0.05) is 17.3 Å². The number of nitrogens with zero attached hydrogens (tertiary/aromatic N) is 3. The molecule has 0 saturated carbocycles. The fourth-order valence-corrected chi connectivity index (χ4v) is 2.90. The molecule has 0 spiro atoms. The van der Waals surface area contributed by atoms with Crippen LogP contribution in [0.2, 0.25) is 0 Å². The van der Waals surface area contributed by atoms with Crippen LogP contribution >= 0.6 is 0 Å². The van der Waals surface area contributed by atoms with Crippen LogP contribution in [-0.4, -0.2) is 47.7 Å². The van der Waals surface area contributed by atoms with Crippen molar-refractivity contribution in [2.45, 2.75) is 5.92 Å². The molecule has 1 saturated heterocycles. The number of ether oxygens (including phenoxy) is 1. The average molecular weight is 354 g/mol. The number of methoxy groups -OCH3 is 1. The molecule has 8 nitrogen and oxygen atoms in total. The maximum atomic E-state index is 12.2. The molecule has 1 aliphatic heterocycles. The minimum absolute atomic E-state index is 0.0882. The smallest absolute Gasteiger partial charge is 0.238 e. The van der Waals surface area contributed by atoms with Gasteiger partial charge in [0, 0.05) is 13.1 Å². The van der Waals surface area contributed by atoms with Gasteiger partial charge in [0.15, 0.2) is 5.76 Å². The van der Waals surface area contributed by atoms with Crippen molar-refractivity contribution in [2.24, 2.45) is 0 Å². The topological polar surface area (TPSA) is 93.6 Å². The van der Waals surface area contributed by atoms with E-state index in [1.54, 1.807) is 25.5 Å². The number of aromatic nitrogens is 2. The van der Waals surface area contributed by atoms with Gasteiger partial charge in [-0.2, -0.15) is 4.98 Å². The van der Waals surface area contributed by atoms with Crippen molar-refractivity contribution in [1.29, 1.82) is 0 Å². The van der Waals surface area contributed by atoms with Crippen molar-refractivity contribution in [1.82, 2.24) is 15.0 Å². The summed E-state index contributed by atoms with van der Waals surface area (Å²) in [5.41, 5.74) is 0.664. The standard InChI is InChI=1S/C18H18N4O4/c1-24-14-6-3-2-5-13(14)19-16(23)11-22-9-12(10-22)18-20-17(21-26-18)15-7-4-8-25-15/h2-8,12H,9-11H2,1H3,(H,19,23).